The number of ether oxygens (including phenoxy) is 1. The third-order valence-electron chi connectivity index (χ3n) is 4.10. The first-order valence-electron chi connectivity index (χ1n) is 8.04. The van der Waals surface area contributed by atoms with Gasteiger partial charge in [-0.25, -0.2) is 0 Å². The van der Waals surface area contributed by atoms with Crippen molar-refractivity contribution in [1.29, 1.82) is 0 Å². The molecule has 2 rings (SSSR count). The van der Waals surface area contributed by atoms with E-state index in [0.29, 0.717) is 18.2 Å². The SMILES string of the molecule is CC(N)C1CCCN(C(=O)CNC(=O)COc2ccccc2)C1.Cl. The van der Waals surface area contributed by atoms with E-state index in [0.717, 1.165) is 19.4 Å². The van der Waals surface area contributed by atoms with Crippen LogP contribution in [0.3, 0.4) is 0 Å². The van der Waals surface area contributed by atoms with Crippen molar-refractivity contribution in [3.63, 3.8) is 0 Å². The fourth-order valence-corrected chi connectivity index (χ4v) is 2.67. The summed E-state index contributed by atoms with van der Waals surface area (Å²) < 4.78 is 5.34. The van der Waals surface area contributed by atoms with Gasteiger partial charge in [-0.05, 0) is 37.8 Å². The molecule has 24 heavy (non-hydrogen) atoms. The molecule has 3 N–H and O–H groups in total. The van der Waals surface area contributed by atoms with Crippen molar-refractivity contribution in [3.05, 3.63) is 30.3 Å². The zero-order chi connectivity index (χ0) is 16.7. The van der Waals surface area contributed by atoms with Crippen LogP contribution in [0.5, 0.6) is 5.75 Å². The number of benzene rings is 1. The van der Waals surface area contributed by atoms with Gasteiger partial charge in [0, 0.05) is 19.1 Å². The molecule has 1 saturated heterocycles. The summed E-state index contributed by atoms with van der Waals surface area (Å²) in [6.45, 7) is 3.29. The molecule has 7 heteroatoms. The standard InChI is InChI=1S/C17H25N3O3.ClH/c1-13(18)14-6-5-9-20(11-14)17(22)10-19-16(21)12-23-15-7-3-2-4-8-15;/h2-4,7-8,13-14H,5-6,9-12,18H2,1H3,(H,19,21);1H. The quantitative estimate of drug-likeness (QED) is 0.802. The van der Waals surface area contributed by atoms with Crippen LogP contribution >= 0.6 is 12.4 Å². The van der Waals surface area contributed by atoms with Gasteiger partial charge >= 0.3 is 0 Å². The lowest BCUT2D eigenvalue weighted by atomic mass is 9.92. The summed E-state index contributed by atoms with van der Waals surface area (Å²) in [5.74, 6) is 0.598. The molecule has 1 fully saturated rings. The van der Waals surface area contributed by atoms with Crippen LogP contribution in [0.25, 0.3) is 0 Å². The van der Waals surface area contributed by atoms with Gasteiger partial charge in [-0.15, -0.1) is 12.4 Å². The fraction of sp³-hybridized carbons (Fsp3) is 0.529. The van der Waals surface area contributed by atoms with Crippen molar-refractivity contribution in [2.75, 3.05) is 26.2 Å². The van der Waals surface area contributed by atoms with E-state index in [4.69, 9.17) is 10.5 Å². The minimum absolute atomic E-state index is 0. The van der Waals surface area contributed by atoms with Gasteiger partial charge in [-0.1, -0.05) is 18.2 Å². The lowest BCUT2D eigenvalue weighted by molar-refractivity contribution is -0.134. The Morgan fingerprint density at radius 2 is 2.08 bits per heavy atom. The number of amides is 2. The smallest absolute Gasteiger partial charge is 0.258 e. The van der Waals surface area contributed by atoms with E-state index >= 15 is 0 Å². The number of hydrogen-bond acceptors (Lipinski definition) is 4. The first kappa shape index (κ1) is 20.3. The lowest BCUT2D eigenvalue weighted by Crippen LogP contribution is -2.48. The number of nitrogens with two attached hydrogens (primary N) is 1. The molecule has 134 valence electrons. The van der Waals surface area contributed by atoms with Crippen molar-refractivity contribution in [3.8, 4) is 5.75 Å². The fourth-order valence-electron chi connectivity index (χ4n) is 2.67. The Morgan fingerprint density at radius 1 is 1.38 bits per heavy atom. The molecule has 1 aromatic rings. The summed E-state index contributed by atoms with van der Waals surface area (Å²) in [6.07, 6.45) is 2.02. The van der Waals surface area contributed by atoms with E-state index in [1.165, 1.54) is 0 Å². The number of nitrogens with one attached hydrogen (secondary N) is 1. The molecule has 1 aliphatic heterocycles. The Kier molecular flexibility index (Phi) is 8.57. The first-order valence-corrected chi connectivity index (χ1v) is 8.04. The second kappa shape index (κ2) is 10.2. The summed E-state index contributed by atoms with van der Waals surface area (Å²) in [5.41, 5.74) is 5.92. The van der Waals surface area contributed by atoms with Crippen LogP contribution in [0.15, 0.2) is 30.3 Å². The van der Waals surface area contributed by atoms with Gasteiger partial charge in [0.05, 0.1) is 6.54 Å². The van der Waals surface area contributed by atoms with Crippen molar-refractivity contribution >= 4 is 24.2 Å². The molecule has 1 aromatic carbocycles. The van der Waals surface area contributed by atoms with Gasteiger partial charge in [0.25, 0.3) is 5.91 Å². The van der Waals surface area contributed by atoms with E-state index in [9.17, 15) is 9.59 Å². The van der Waals surface area contributed by atoms with Gasteiger partial charge in [0.1, 0.15) is 5.75 Å². The zero-order valence-corrected chi connectivity index (χ0v) is 14.8. The molecule has 0 bridgehead atoms. The predicted octanol–water partition coefficient (Wildman–Crippen LogP) is 1.19. The minimum atomic E-state index is -0.303. The molecule has 1 aliphatic rings. The minimum Gasteiger partial charge on any atom is -0.484 e. The number of carbonyl (C=O) groups excluding carboxylic acids is 2. The number of hydrogen-bond donors (Lipinski definition) is 2. The Bertz CT molecular complexity index is 525. The summed E-state index contributed by atoms with van der Waals surface area (Å²) in [6, 6.07) is 9.18. The third-order valence-corrected chi connectivity index (χ3v) is 4.10. The highest BCUT2D eigenvalue weighted by Crippen LogP contribution is 2.18. The number of halogens is 1. The van der Waals surface area contributed by atoms with Crippen LogP contribution in [-0.4, -0.2) is 49.0 Å². The number of para-hydroxylation sites is 1. The Balaban J connectivity index is 0.00000288. The molecule has 0 spiro atoms. The Hall–Kier alpha value is -1.79. The van der Waals surface area contributed by atoms with Crippen LogP contribution in [0, 0.1) is 5.92 Å². The third kappa shape index (κ3) is 6.37. The average molecular weight is 356 g/mol. The second-order valence-corrected chi connectivity index (χ2v) is 5.98. The topological polar surface area (TPSA) is 84.7 Å². The molecule has 0 radical (unpaired) electrons. The monoisotopic (exact) mass is 355 g/mol. The second-order valence-electron chi connectivity index (χ2n) is 5.98. The van der Waals surface area contributed by atoms with Gasteiger partial charge in [0.2, 0.25) is 5.91 Å². The Labute approximate surface area is 149 Å². The molecule has 6 nitrogen and oxygen atoms in total. The zero-order valence-electron chi connectivity index (χ0n) is 13.9. The van der Waals surface area contributed by atoms with E-state index in [1.54, 1.807) is 17.0 Å². The lowest BCUT2D eigenvalue weighted by Gasteiger charge is -2.34. The summed E-state index contributed by atoms with van der Waals surface area (Å²) >= 11 is 0. The van der Waals surface area contributed by atoms with Crippen molar-refractivity contribution in [1.82, 2.24) is 10.2 Å². The number of likely N-dealkylation sites (tertiary alicyclic amines) is 1. The number of carbonyl (C=O) groups is 2. The van der Waals surface area contributed by atoms with Crippen molar-refractivity contribution < 1.29 is 14.3 Å². The average Bonchev–Trinajstić information content (AvgIpc) is 2.58. The highest BCUT2D eigenvalue weighted by atomic mass is 35.5. The molecule has 0 saturated carbocycles. The van der Waals surface area contributed by atoms with E-state index in [1.807, 2.05) is 25.1 Å². The molecule has 0 aromatic heterocycles. The molecule has 2 atom stereocenters. The van der Waals surface area contributed by atoms with Crippen LogP contribution in [0.4, 0.5) is 0 Å². The summed E-state index contributed by atoms with van der Waals surface area (Å²) in [5, 5.41) is 2.61. The van der Waals surface area contributed by atoms with Crippen LogP contribution in [0.2, 0.25) is 0 Å². The normalized spacial score (nSPS) is 18.2. The van der Waals surface area contributed by atoms with Gasteiger partial charge in [0.15, 0.2) is 6.61 Å². The van der Waals surface area contributed by atoms with E-state index < -0.39 is 0 Å². The van der Waals surface area contributed by atoms with Gasteiger partial charge in [-0.3, -0.25) is 9.59 Å². The largest absolute Gasteiger partial charge is 0.484 e. The van der Waals surface area contributed by atoms with Crippen molar-refractivity contribution in [2.24, 2.45) is 11.7 Å². The number of rotatable bonds is 6. The molecule has 1 heterocycles. The molecule has 2 amide bonds. The summed E-state index contributed by atoms with van der Waals surface area (Å²) in [4.78, 5) is 25.7. The summed E-state index contributed by atoms with van der Waals surface area (Å²) in [7, 11) is 0. The predicted molar refractivity (Wildman–Crippen MR) is 95.1 cm³/mol. The Morgan fingerprint density at radius 3 is 2.75 bits per heavy atom. The maximum absolute atomic E-state index is 12.2. The molecule has 2 unspecified atom stereocenters. The first-order chi connectivity index (χ1) is 11.1. The van der Waals surface area contributed by atoms with E-state index in [2.05, 4.69) is 5.32 Å². The van der Waals surface area contributed by atoms with E-state index in [-0.39, 0.29) is 43.4 Å². The van der Waals surface area contributed by atoms with Gasteiger partial charge < -0.3 is 20.7 Å². The highest BCUT2D eigenvalue weighted by Gasteiger charge is 2.25. The van der Waals surface area contributed by atoms with Crippen molar-refractivity contribution in [2.45, 2.75) is 25.8 Å². The number of nitrogens with zero attached hydrogens (tertiary/aromatic N) is 1. The van der Waals surface area contributed by atoms with Crippen LogP contribution < -0.4 is 15.8 Å². The van der Waals surface area contributed by atoms with Crippen LogP contribution in [0.1, 0.15) is 19.8 Å². The maximum atomic E-state index is 12.2. The molecule has 0 aliphatic carbocycles. The van der Waals surface area contributed by atoms with Crippen LogP contribution in [-0.2, 0) is 9.59 Å². The molecular formula is C17H26ClN3O3. The number of piperidine rings is 1. The highest BCUT2D eigenvalue weighted by molar-refractivity contribution is 5.85. The molecular weight excluding hydrogens is 330 g/mol. The van der Waals surface area contributed by atoms with Gasteiger partial charge in [-0.2, -0.15) is 0 Å². The maximum Gasteiger partial charge on any atom is 0.258 e.